The van der Waals surface area contributed by atoms with Crippen LogP contribution in [0.15, 0.2) is 54.6 Å². The van der Waals surface area contributed by atoms with Gasteiger partial charge in [0.2, 0.25) is 0 Å². The average molecular weight is 334 g/mol. The summed E-state index contributed by atoms with van der Waals surface area (Å²) in [7, 11) is 0. The number of benzene rings is 2. The fourth-order valence-electron chi connectivity index (χ4n) is 3.64. The molecule has 1 fully saturated rings. The fourth-order valence-corrected chi connectivity index (χ4v) is 3.64. The van der Waals surface area contributed by atoms with E-state index in [2.05, 4.69) is 36.2 Å². The van der Waals surface area contributed by atoms with Gasteiger partial charge in [-0.2, -0.15) is 0 Å². The van der Waals surface area contributed by atoms with Crippen molar-refractivity contribution in [3.05, 3.63) is 71.4 Å². The van der Waals surface area contributed by atoms with Crippen molar-refractivity contribution in [3.63, 3.8) is 0 Å². The molecule has 1 amide bonds. The summed E-state index contributed by atoms with van der Waals surface area (Å²) in [6.07, 6.45) is 0. The highest BCUT2D eigenvalue weighted by Gasteiger charge is 2.25. The molecule has 1 aliphatic heterocycles. The van der Waals surface area contributed by atoms with Crippen molar-refractivity contribution in [2.45, 2.75) is 13.5 Å². The van der Waals surface area contributed by atoms with E-state index >= 15 is 0 Å². The maximum Gasteiger partial charge on any atom is 0.270 e. The van der Waals surface area contributed by atoms with Gasteiger partial charge in [-0.05, 0) is 24.6 Å². The number of aromatic amines is 1. The molecule has 0 radical (unpaired) electrons. The second kappa shape index (κ2) is 6.73. The Labute approximate surface area is 148 Å². The zero-order valence-corrected chi connectivity index (χ0v) is 14.6. The van der Waals surface area contributed by atoms with Crippen molar-refractivity contribution in [1.29, 1.82) is 0 Å². The summed E-state index contributed by atoms with van der Waals surface area (Å²) in [5, 5.41) is 1.09. The van der Waals surface area contributed by atoms with Crippen molar-refractivity contribution in [2.75, 3.05) is 26.2 Å². The largest absolute Gasteiger partial charge is 0.351 e. The minimum Gasteiger partial charge on any atom is -0.351 e. The summed E-state index contributed by atoms with van der Waals surface area (Å²) in [4.78, 5) is 19.6. The number of quaternary nitrogens is 1. The Bertz CT molecular complexity index is 858. The summed E-state index contributed by atoms with van der Waals surface area (Å²) in [6, 6.07) is 18.6. The molecule has 0 spiro atoms. The Balaban J connectivity index is 1.39. The zero-order chi connectivity index (χ0) is 17.2. The number of hydrogen-bond donors (Lipinski definition) is 2. The molecule has 1 saturated heterocycles. The maximum absolute atomic E-state index is 12.8. The van der Waals surface area contributed by atoms with Gasteiger partial charge in [0.05, 0.1) is 26.2 Å². The van der Waals surface area contributed by atoms with Crippen LogP contribution in [0.5, 0.6) is 0 Å². The number of H-pyrrole nitrogens is 1. The van der Waals surface area contributed by atoms with Gasteiger partial charge in [0.25, 0.3) is 5.91 Å². The Morgan fingerprint density at radius 2 is 1.80 bits per heavy atom. The molecule has 4 heteroatoms. The van der Waals surface area contributed by atoms with Crippen LogP contribution in [0.2, 0.25) is 0 Å². The normalized spacial score (nSPS) is 15.6. The molecule has 25 heavy (non-hydrogen) atoms. The summed E-state index contributed by atoms with van der Waals surface area (Å²) in [5.41, 5.74) is 4.48. The molecule has 4 nitrogen and oxygen atoms in total. The highest BCUT2D eigenvalue weighted by atomic mass is 16.2. The van der Waals surface area contributed by atoms with E-state index in [-0.39, 0.29) is 5.91 Å². The molecule has 2 aromatic carbocycles. The van der Waals surface area contributed by atoms with Crippen LogP contribution < -0.4 is 4.90 Å². The van der Waals surface area contributed by atoms with Crippen LogP contribution in [0.1, 0.15) is 21.6 Å². The van der Waals surface area contributed by atoms with Gasteiger partial charge in [0.15, 0.2) is 0 Å². The minimum atomic E-state index is 0.117. The first-order chi connectivity index (χ1) is 12.2. The van der Waals surface area contributed by atoms with Gasteiger partial charge in [0, 0.05) is 16.5 Å². The molecule has 2 heterocycles. The summed E-state index contributed by atoms with van der Waals surface area (Å²) < 4.78 is 0. The average Bonchev–Trinajstić information content (AvgIpc) is 3.08. The number of carbonyl (C=O) groups is 1. The number of nitrogens with one attached hydrogen (secondary N) is 2. The Morgan fingerprint density at radius 3 is 2.56 bits per heavy atom. The van der Waals surface area contributed by atoms with Crippen molar-refractivity contribution >= 4 is 16.8 Å². The molecule has 0 aliphatic carbocycles. The summed E-state index contributed by atoms with van der Waals surface area (Å²) in [6.45, 7) is 6.84. The van der Waals surface area contributed by atoms with Crippen molar-refractivity contribution in [2.24, 2.45) is 0 Å². The van der Waals surface area contributed by atoms with Crippen LogP contribution in [0.3, 0.4) is 0 Å². The predicted molar refractivity (Wildman–Crippen MR) is 99.8 cm³/mol. The van der Waals surface area contributed by atoms with Gasteiger partial charge in [-0.3, -0.25) is 4.79 Å². The van der Waals surface area contributed by atoms with Crippen LogP contribution in [0.4, 0.5) is 0 Å². The zero-order valence-electron chi connectivity index (χ0n) is 14.6. The highest BCUT2D eigenvalue weighted by Crippen LogP contribution is 2.16. The number of aromatic nitrogens is 1. The molecule has 0 atom stereocenters. The van der Waals surface area contributed by atoms with Gasteiger partial charge < -0.3 is 14.8 Å². The first-order valence-corrected chi connectivity index (χ1v) is 8.96. The second-order valence-corrected chi connectivity index (χ2v) is 6.92. The Morgan fingerprint density at radius 1 is 1.08 bits per heavy atom. The van der Waals surface area contributed by atoms with E-state index in [4.69, 9.17) is 0 Å². The van der Waals surface area contributed by atoms with E-state index in [1.807, 2.05) is 35.2 Å². The maximum atomic E-state index is 12.8. The van der Waals surface area contributed by atoms with E-state index in [9.17, 15) is 4.79 Å². The SMILES string of the molecule is Cc1ccccc1C[NH+]1CCN(C(=O)c2cc3ccccc3[nH]2)CC1. The molecule has 3 aromatic rings. The highest BCUT2D eigenvalue weighted by molar-refractivity contribution is 5.98. The third kappa shape index (κ3) is 3.30. The number of amides is 1. The third-order valence-electron chi connectivity index (χ3n) is 5.22. The Kier molecular flexibility index (Phi) is 4.28. The number of aryl methyl sites for hydroxylation is 1. The molecule has 1 aliphatic rings. The monoisotopic (exact) mass is 334 g/mol. The summed E-state index contributed by atoms with van der Waals surface area (Å²) in [5.74, 6) is 0.117. The van der Waals surface area contributed by atoms with Gasteiger partial charge in [-0.1, -0.05) is 42.5 Å². The van der Waals surface area contributed by atoms with Crippen molar-refractivity contribution in [1.82, 2.24) is 9.88 Å². The lowest BCUT2D eigenvalue weighted by atomic mass is 10.1. The van der Waals surface area contributed by atoms with Crippen LogP contribution in [-0.2, 0) is 6.54 Å². The van der Waals surface area contributed by atoms with E-state index in [0.717, 1.165) is 43.6 Å². The molecular weight excluding hydrogens is 310 g/mol. The fraction of sp³-hybridized carbons (Fsp3) is 0.286. The van der Waals surface area contributed by atoms with E-state index < -0.39 is 0 Å². The third-order valence-corrected chi connectivity index (χ3v) is 5.22. The topological polar surface area (TPSA) is 40.5 Å². The van der Waals surface area contributed by atoms with Crippen LogP contribution >= 0.6 is 0 Å². The van der Waals surface area contributed by atoms with E-state index in [1.54, 1.807) is 4.90 Å². The molecule has 1 aromatic heterocycles. The molecule has 128 valence electrons. The first-order valence-electron chi connectivity index (χ1n) is 8.96. The van der Waals surface area contributed by atoms with Crippen LogP contribution in [0.25, 0.3) is 10.9 Å². The standard InChI is InChI=1S/C21H23N3O/c1-16-6-2-3-8-18(16)15-23-10-12-24(13-11-23)21(25)20-14-17-7-4-5-9-19(17)22-20/h2-9,14,22H,10-13,15H2,1H3/p+1. The number of nitrogens with zero attached hydrogens (tertiary/aromatic N) is 1. The van der Waals surface area contributed by atoms with Crippen LogP contribution in [-0.4, -0.2) is 42.0 Å². The second-order valence-electron chi connectivity index (χ2n) is 6.92. The number of hydrogen-bond acceptors (Lipinski definition) is 1. The van der Waals surface area contributed by atoms with Crippen LogP contribution in [0, 0.1) is 6.92 Å². The molecule has 0 saturated carbocycles. The molecule has 4 rings (SSSR count). The number of rotatable bonds is 3. The minimum absolute atomic E-state index is 0.117. The molecule has 0 unspecified atom stereocenters. The predicted octanol–water partition coefficient (Wildman–Crippen LogP) is 2.02. The smallest absolute Gasteiger partial charge is 0.270 e. The first kappa shape index (κ1) is 15.9. The lowest BCUT2D eigenvalue weighted by Crippen LogP contribution is -3.13. The van der Waals surface area contributed by atoms with E-state index in [1.165, 1.54) is 11.1 Å². The lowest BCUT2D eigenvalue weighted by Gasteiger charge is -2.32. The number of piperazine rings is 1. The quantitative estimate of drug-likeness (QED) is 0.756. The van der Waals surface area contributed by atoms with Gasteiger partial charge in [0.1, 0.15) is 12.2 Å². The van der Waals surface area contributed by atoms with Gasteiger partial charge >= 0.3 is 0 Å². The van der Waals surface area contributed by atoms with Gasteiger partial charge in [-0.15, -0.1) is 0 Å². The van der Waals surface area contributed by atoms with Gasteiger partial charge in [-0.25, -0.2) is 0 Å². The summed E-state index contributed by atoms with van der Waals surface area (Å²) >= 11 is 0. The number of fused-ring (bicyclic) bond motifs is 1. The molecule has 2 N–H and O–H groups in total. The van der Waals surface area contributed by atoms with Crippen molar-refractivity contribution in [3.8, 4) is 0 Å². The molecule has 0 bridgehead atoms. The van der Waals surface area contributed by atoms with E-state index in [0.29, 0.717) is 5.69 Å². The van der Waals surface area contributed by atoms with Crippen molar-refractivity contribution < 1.29 is 9.69 Å². The Hall–Kier alpha value is -2.59. The number of para-hydroxylation sites is 1. The lowest BCUT2D eigenvalue weighted by molar-refractivity contribution is -0.917. The molecular formula is C21H24N3O+. The number of carbonyl (C=O) groups excluding carboxylic acids is 1.